The fourth-order valence-electron chi connectivity index (χ4n) is 1.49. The lowest BCUT2D eigenvalue weighted by molar-refractivity contribution is 0.402. The van der Waals surface area contributed by atoms with Gasteiger partial charge in [0.2, 0.25) is 0 Å². The molecule has 82 valence electrons. The van der Waals surface area contributed by atoms with E-state index in [0.29, 0.717) is 6.42 Å². The molecule has 2 heteroatoms. The van der Waals surface area contributed by atoms with Gasteiger partial charge in [0.1, 0.15) is 0 Å². The third kappa shape index (κ3) is 7.96. The first kappa shape index (κ1) is 13.3. The highest BCUT2D eigenvalue weighted by Gasteiger charge is 2.05. The lowest BCUT2D eigenvalue weighted by atomic mass is 9.97. The molecule has 0 radical (unpaired) electrons. The fraction of sp³-hybridized carbons (Fsp3) is 0.667. The van der Waals surface area contributed by atoms with Crippen LogP contribution in [0.15, 0.2) is 24.8 Å². The van der Waals surface area contributed by atoms with E-state index < -0.39 is 6.08 Å². The van der Waals surface area contributed by atoms with Crippen LogP contribution < -0.4 is 0 Å². The van der Waals surface area contributed by atoms with Gasteiger partial charge in [0, 0.05) is 0 Å². The number of unbranched alkanes of at least 4 members (excludes halogenated alkanes) is 3. The van der Waals surface area contributed by atoms with E-state index in [-0.39, 0.29) is 5.92 Å². The molecule has 0 fully saturated rings. The first-order valence-electron chi connectivity index (χ1n) is 5.34. The molecule has 1 unspecified atom stereocenters. The summed E-state index contributed by atoms with van der Waals surface area (Å²) in [7, 11) is 0. The summed E-state index contributed by atoms with van der Waals surface area (Å²) in [6, 6.07) is 0. The third-order valence-corrected chi connectivity index (χ3v) is 2.26. The van der Waals surface area contributed by atoms with Crippen molar-refractivity contribution in [3.63, 3.8) is 0 Å². The predicted octanol–water partition coefficient (Wildman–Crippen LogP) is 4.93. The average molecular weight is 202 g/mol. The van der Waals surface area contributed by atoms with Gasteiger partial charge in [-0.2, -0.15) is 8.78 Å². The van der Waals surface area contributed by atoms with E-state index in [1.807, 2.05) is 0 Å². The molecule has 0 nitrogen and oxygen atoms in total. The van der Waals surface area contributed by atoms with Crippen LogP contribution >= 0.6 is 0 Å². The molecule has 0 aliphatic heterocycles. The molecule has 0 amide bonds. The largest absolute Gasteiger partial charge is 0.266 e. The Kier molecular flexibility index (Phi) is 8.50. The number of hydrogen-bond donors (Lipinski definition) is 0. The molecule has 0 aromatic carbocycles. The molecule has 0 N–H and O–H groups in total. The maximum absolute atomic E-state index is 12.0. The molecule has 0 aromatic rings. The Morgan fingerprint density at radius 1 is 1.29 bits per heavy atom. The molecular formula is C12H20F2. The number of hydrogen-bond acceptors (Lipinski definition) is 0. The van der Waals surface area contributed by atoms with Crippen LogP contribution in [0.1, 0.15) is 45.4 Å². The minimum absolute atomic E-state index is 0.0191. The minimum Gasteiger partial charge on any atom is -0.174 e. The van der Waals surface area contributed by atoms with Gasteiger partial charge in [-0.3, -0.25) is 0 Å². The van der Waals surface area contributed by atoms with Gasteiger partial charge in [0.15, 0.2) is 0 Å². The van der Waals surface area contributed by atoms with Gasteiger partial charge < -0.3 is 0 Å². The number of rotatable bonds is 8. The van der Waals surface area contributed by atoms with Crippen molar-refractivity contribution in [3.8, 4) is 0 Å². The Bertz CT molecular complexity index is 169. The normalized spacial score (nSPS) is 12.2. The summed E-state index contributed by atoms with van der Waals surface area (Å²) in [5, 5.41) is 0. The van der Waals surface area contributed by atoms with Crippen LogP contribution in [0.25, 0.3) is 0 Å². The van der Waals surface area contributed by atoms with Gasteiger partial charge in [-0.05, 0) is 24.8 Å². The Hall–Kier alpha value is -0.660. The van der Waals surface area contributed by atoms with Crippen LogP contribution in [0, 0.1) is 5.92 Å². The average Bonchev–Trinajstić information content (AvgIpc) is 2.12. The van der Waals surface area contributed by atoms with Crippen LogP contribution in [0.4, 0.5) is 8.78 Å². The van der Waals surface area contributed by atoms with E-state index in [1.54, 1.807) is 6.08 Å². The summed E-state index contributed by atoms with van der Waals surface area (Å²) in [5.41, 5.74) is 0. The van der Waals surface area contributed by atoms with Gasteiger partial charge in [-0.1, -0.05) is 38.7 Å². The molecule has 0 aliphatic rings. The molecular weight excluding hydrogens is 182 g/mol. The number of allylic oxidation sites excluding steroid dienone is 2. The van der Waals surface area contributed by atoms with Crippen LogP contribution in [-0.4, -0.2) is 0 Å². The van der Waals surface area contributed by atoms with E-state index in [1.165, 1.54) is 12.8 Å². The van der Waals surface area contributed by atoms with E-state index >= 15 is 0 Å². The van der Waals surface area contributed by atoms with Crippen LogP contribution in [0.3, 0.4) is 0 Å². The highest BCUT2D eigenvalue weighted by molar-refractivity contribution is 4.91. The standard InChI is InChI=1S/C12H20F2/c1-3-5-6-7-9-11(8-4-2)10-12(13)14/h4,10-11H,2-3,5-9H2,1H3. The Labute approximate surface area is 85.7 Å². The zero-order chi connectivity index (χ0) is 10.8. The molecule has 0 aliphatic carbocycles. The SMILES string of the molecule is C=CCC(C=C(F)F)CCCCCC. The van der Waals surface area contributed by atoms with Crippen molar-refractivity contribution in [2.24, 2.45) is 5.92 Å². The summed E-state index contributed by atoms with van der Waals surface area (Å²) in [6.45, 7) is 5.72. The quantitative estimate of drug-likeness (QED) is 0.386. The lowest BCUT2D eigenvalue weighted by Crippen LogP contribution is -1.95. The van der Waals surface area contributed by atoms with Crippen LogP contribution in [0.2, 0.25) is 0 Å². The monoisotopic (exact) mass is 202 g/mol. The maximum atomic E-state index is 12.0. The predicted molar refractivity (Wildman–Crippen MR) is 57.4 cm³/mol. The molecule has 0 saturated carbocycles. The fourth-order valence-corrected chi connectivity index (χ4v) is 1.49. The van der Waals surface area contributed by atoms with Gasteiger partial charge in [0.05, 0.1) is 0 Å². The van der Waals surface area contributed by atoms with Crippen molar-refractivity contribution in [1.29, 1.82) is 0 Å². The summed E-state index contributed by atoms with van der Waals surface area (Å²) >= 11 is 0. The summed E-state index contributed by atoms with van der Waals surface area (Å²) in [5.74, 6) is -0.0191. The van der Waals surface area contributed by atoms with Crippen molar-refractivity contribution in [2.75, 3.05) is 0 Å². The van der Waals surface area contributed by atoms with Crippen molar-refractivity contribution >= 4 is 0 Å². The molecule has 1 atom stereocenters. The smallest absolute Gasteiger partial charge is 0.174 e. The van der Waals surface area contributed by atoms with Crippen molar-refractivity contribution in [1.82, 2.24) is 0 Å². The second-order valence-electron chi connectivity index (χ2n) is 3.59. The molecule has 14 heavy (non-hydrogen) atoms. The minimum atomic E-state index is -1.56. The van der Waals surface area contributed by atoms with Gasteiger partial charge in [0.25, 0.3) is 6.08 Å². The molecule has 0 spiro atoms. The zero-order valence-corrected chi connectivity index (χ0v) is 8.94. The maximum Gasteiger partial charge on any atom is 0.266 e. The Balaban J connectivity index is 3.73. The van der Waals surface area contributed by atoms with Gasteiger partial charge in [-0.25, -0.2) is 0 Å². The Morgan fingerprint density at radius 3 is 2.50 bits per heavy atom. The Morgan fingerprint density at radius 2 is 2.00 bits per heavy atom. The molecule has 0 heterocycles. The number of halogens is 2. The van der Waals surface area contributed by atoms with Crippen molar-refractivity contribution in [2.45, 2.75) is 45.4 Å². The second kappa shape index (κ2) is 8.92. The van der Waals surface area contributed by atoms with E-state index in [9.17, 15) is 8.78 Å². The zero-order valence-electron chi connectivity index (χ0n) is 8.94. The molecule has 0 saturated heterocycles. The molecule has 0 bridgehead atoms. The summed E-state index contributed by atoms with van der Waals surface area (Å²) in [4.78, 5) is 0. The van der Waals surface area contributed by atoms with E-state index in [2.05, 4.69) is 13.5 Å². The molecule has 0 rings (SSSR count). The first-order chi connectivity index (χ1) is 6.70. The summed E-state index contributed by atoms with van der Waals surface area (Å²) in [6.07, 6.45) is 7.28. The molecule has 0 aromatic heterocycles. The summed E-state index contributed by atoms with van der Waals surface area (Å²) < 4.78 is 24.0. The highest BCUT2D eigenvalue weighted by atomic mass is 19.3. The first-order valence-corrected chi connectivity index (χ1v) is 5.34. The highest BCUT2D eigenvalue weighted by Crippen LogP contribution is 2.18. The topological polar surface area (TPSA) is 0 Å². The van der Waals surface area contributed by atoms with E-state index in [4.69, 9.17) is 0 Å². The van der Waals surface area contributed by atoms with Crippen molar-refractivity contribution < 1.29 is 8.78 Å². The second-order valence-corrected chi connectivity index (χ2v) is 3.59. The van der Waals surface area contributed by atoms with Crippen LogP contribution in [-0.2, 0) is 0 Å². The lowest BCUT2D eigenvalue weighted by Gasteiger charge is -2.08. The van der Waals surface area contributed by atoms with Crippen molar-refractivity contribution in [3.05, 3.63) is 24.8 Å². The third-order valence-electron chi connectivity index (χ3n) is 2.26. The van der Waals surface area contributed by atoms with E-state index in [0.717, 1.165) is 25.3 Å². The van der Waals surface area contributed by atoms with Gasteiger partial charge >= 0.3 is 0 Å². The van der Waals surface area contributed by atoms with Crippen LogP contribution in [0.5, 0.6) is 0 Å². The van der Waals surface area contributed by atoms with Gasteiger partial charge in [-0.15, -0.1) is 6.58 Å².